The number of thiazole rings is 1. The summed E-state index contributed by atoms with van der Waals surface area (Å²) >= 11 is 1.52. The highest BCUT2D eigenvalue weighted by Crippen LogP contribution is 2.09. The predicted octanol–water partition coefficient (Wildman–Crippen LogP) is 1.61. The van der Waals surface area contributed by atoms with Crippen molar-refractivity contribution in [1.29, 1.82) is 0 Å². The summed E-state index contributed by atoms with van der Waals surface area (Å²) in [5.41, 5.74) is 0.802. The lowest BCUT2D eigenvalue weighted by molar-refractivity contribution is -0.142. The van der Waals surface area contributed by atoms with Crippen molar-refractivity contribution in [3.63, 3.8) is 0 Å². The Labute approximate surface area is 116 Å². The average molecular weight is 285 g/mol. The maximum absolute atomic E-state index is 11.5. The Balaban J connectivity index is 2.33. The fraction of sp³-hybridized carbons (Fsp3) is 0.583. The van der Waals surface area contributed by atoms with E-state index in [-0.39, 0.29) is 18.5 Å². The molecule has 3 N–H and O–H groups in total. The fourth-order valence-corrected chi connectivity index (χ4v) is 2.15. The minimum absolute atomic E-state index is 0.0287. The molecule has 2 amide bonds. The van der Waals surface area contributed by atoms with Crippen LogP contribution in [0.25, 0.3) is 0 Å². The van der Waals surface area contributed by atoms with Crippen molar-refractivity contribution in [3.05, 3.63) is 16.1 Å². The third kappa shape index (κ3) is 5.25. The van der Waals surface area contributed by atoms with Gasteiger partial charge in [0.1, 0.15) is 0 Å². The molecule has 7 heteroatoms. The van der Waals surface area contributed by atoms with Crippen molar-refractivity contribution in [2.24, 2.45) is 11.8 Å². The van der Waals surface area contributed by atoms with E-state index >= 15 is 0 Å². The Hall–Kier alpha value is -1.63. The number of carbonyl (C=O) groups is 2. The first-order valence-electron chi connectivity index (χ1n) is 6.05. The summed E-state index contributed by atoms with van der Waals surface area (Å²) < 4.78 is 0. The number of carboxylic acids is 1. The normalized spacial score (nSPS) is 12.2. The Morgan fingerprint density at radius 3 is 2.58 bits per heavy atom. The Morgan fingerprint density at radius 1 is 1.42 bits per heavy atom. The summed E-state index contributed by atoms with van der Waals surface area (Å²) in [7, 11) is 0. The first-order chi connectivity index (χ1) is 8.90. The number of urea groups is 1. The van der Waals surface area contributed by atoms with Crippen LogP contribution in [0.2, 0.25) is 0 Å². The van der Waals surface area contributed by atoms with Crippen LogP contribution in [0.4, 0.5) is 4.79 Å². The molecule has 19 heavy (non-hydrogen) atoms. The predicted molar refractivity (Wildman–Crippen MR) is 73.1 cm³/mol. The third-order valence-electron chi connectivity index (χ3n) is 2.70. The van der Waals surface area contributed by atoms with Gasteiger partial charge < -0.3 is 15.7 Å². The molecule has 1 atom stereocenters. The smallest absolute Gasteiger partial charge is 0.315 e. The highest BCUT2D eigenvalue weighted by atomic mass is 32.1. The quantitative estimate of drug-likeness (QED) is 0.740. The molecule has 0 spiro atoms. The number of aliphatic carboxylic acids is 1. The largest absolute Gasteiger partial charge is 0.481 e. The van der Waals surface area contributed by atoms with Crippen molar-refractivity contribution in [2.45, 2.75) is 27.3 Å². The zero-order valence-electron chi connectivity index (χ0n) is 11.3. The highest BCUT2D eigenvalue weighted by Gasteiger charge is 2.21. The molecule has 0 bridgehead atoms. The lowest BCUT2D eigenvalue weighted by Gasteiger charge is -2.16. The monoisotopic (exact) mass is 285 g/mol. The van der Waals surface area contributed by atoms with E-state index in [2.05, 4.69) is 15.6 Å². The molecule has 1 rings (SSSR count). The molecule has 0 saturated heterocycles. The maximum atomic E-state index is 11.5. The highest BCUT2D eigenvalue weighted by molar-refractivity contribution is 7.09. The lowest BCUT2D eigenvalue weighted by atomic mass is 9.96. The molecule has 1 aromatic rings. The van der Waals surface area contributed by atoms with Gasteiger partial charge in [-0.15, -0.1) is 11.3 Å². The van der Waals surface area contributed by atoms with Crippen molar-refractivity contribution < 1.29 is 14.7 Å². The van der Waals surface area contributed by atoms with Crippen molar-refractivity contribution in [1.82, 2.24) is 15.6 Å². The van der Waals surface area contributed by atoms with E-state index in [1.807, 2.05) is 26.2 Å². The Morgan fingerprint density at radius 2 is 2.11 bits per heavy atom. The number of nitrogens with zero attached hydrogens (tertiary/aromatic N) is 1. The second kappa shape index (κ2) is 7.08. The topological polar surface area (TPSA) is 91.3 Å². The summed E-state index contributed by atoms with van der Waals surface area (Å²) in [5, 5.41) is 17.0. The van der Waals surface area contributed by atoms with Crippen LogP contribution < -0.4 is 10.6 Å². The number of nitrogens with one attached hydrogen (secondary N) is 2. The van der Waals surface area contributed by atoms with Gasteiger partial charge in [0.25, 0.3) is 0 Å². The number of carboxylic acid groups (broad SMARTS) is 1. The molecular weight excluding hydrogens is 266 g/mol. The number of aryl methyl sites for hydroxylation is 1. The Bertz CT molecular complexity index is 445. The number of amides is 2. The van der Waals surface area contributed by atoms with Crippen LogP contribution in [0.1, 0.15) is 24.5 Å². The molecular formula is C12H19N3O3S. The van der Waals surface area contributed by atoms with Gasteiger partial charge in [0.15, 0.2) is 0 Å². The van der Waals surface area contributed by atoms with E-state index in [0.717, 1.165) is 10.7 Å². The van der Waals surface area contributed by atoms with Gasteiger partial charge in [0.2, 0.25) is 0 Å². The van der Waals surface area contributed by atoms with Gasteiger partial charge in [-0.2, -0.15) is 0 Å². The number of hydrogen-bond acceptors (Lipinski definition) is 4. The van der Waals surface area contributed by atoms with Gasteiger partial charge in [-0.25, -0.2) is 9.78 Å². The number of rotatable bonds is 6. The molecule has 0 aromatic carbocycles. The maximum Gasteiger partial charge on any atom is 0.315 e. The van der Waals surface area contributed by atoms with Crippen LogP contribution in [0.3, 0.4) is 0 Å². The molecule has 0 aliphatic carbocycles. The second-order valence-corrected chi connectivity index (χ2v) is 5.67. The fourth-order valence-electron chi connectivity index (χ4n) is 1.53. The first kappa shape index (κ1) is 15.4. The second-order valence-electron chi connectivity index (χ2n) is 4.61. The van der Waals surface area contributed by atoms with Gasteiger partial charge in [-0.05, 0) is 12.8 Å². The van der Waals surface area contributed by atoms with E-state index in [9.17, 15) is 9.59 Å². The van der Waals surface area contributed by atoms with Crippen LogP contribution in [0.5, 0.6) is 0 Å². The molecule has 0 saturated carbocycles. The van der Waals surface area contributed by atoms with Crippen LogP contribution in [0, 0.1) is 18.8 Å². The molecule has 0 fully saturated rings. The number of hydrogen-bond donors (Lipinski definition) is 3. The first-order valence-corrected chi connectivity index (χ1v) is 6.93. The SMILES string of the molecule is Cc1nc(CNC(=O)NCC(C(=O)O)C(C)C)cs1. The molecule has 1 unspecified atom stereocenters. The molecule has 1 aromatic heterocycles. The minimum Gasteiger partial charge on any atom is -0.481 e. The Kier molecular flexibility index (Phi) is 5.75. The van der Waals surface area contributed by atoms with Crippen molar-refractivity contribution in [3.8, 4) is 0 Å². The molecule has 106 valence electrons. The summed E-state index contributed by atoms with van der Waals surface area (Å²) in [5.74, 6) is -1.50. The van der Waals surface area contributed by atoms with Crippen molar-refractivity contribution >= 4 is 23.3 Å². The summed E-state index contributed by atoms with van der Waals surface area (Å²) in [4.78, 5) is 26.7. The lowest BCUT2D eigenvalue weighted by Crippen LogP contribution is -2.41. The summed E-state index contributed by atoms with van der Waals surface area (Å²) in [6.45, 7) is 5.99. The number of aromatic nitrogens is 1. The zero-order valence-corrected chi connectivity index (χ0v) is 12.1. The van der Waals surface area contributed by atoms with Gasteiger partial charge in [0, 0.05) is 11.9 Å². The minimum atomic E-state index is -0.898. The molecule has 1 heterocycles. The van der Waals surface area contributed by atoms with E-state index < -0.39 is 11.9 Å². The molecule has 0 radical (unpaired) electrons. The van der Waals surface area contributed by atoms with Gasteiger partial charge in [-0.3, -0.25) is 4.79 Å². The molecule has 0 aliphatic rings. The van der Waals surface area contributed by atoms with Gasteiger partial charge in [-0.1, -0.05) is 13.8 Å². The van der Waals surface area contributed by atoms with Crippen LogP contribution in [-0.4, -0.2) is 28.6 Å². The van der Waals surface area contributed by atoms with Crippen molar-refractivity contribution in [2.75, 3.05) is 6.54 Å². The zero-order chi connectivity index (χ0) is 14.4. The summed E-state index contributed by atoms with van der Waals surface area (Å²) in [6, 6.07) is -0.377. The van der Waals surface area contributed by atoms with Crippen LogP contribution >= 0.6 is 11.3 Å². The van der Waals surface area contributed by atoms with Crippen LogP contribution in [0.15, 0.2) is 5.38 Å². The summed E-state index contributed by atoms with van der Waals surface area (Å²) in [6.07, 6.45) is 0. The molecule has 0 aliphatic heterocycles. The van der Waals surface area contributed by atoms with Gasteiger partial charge in [0.05, 0.1) is 23.2 Å². The van der Waals surface area contributed by atoms with E-state index in [1.54, 1.807) is 0 Å². The molecule has 6 nitrogen and oxygen atoms in total. The van der Waals surface area contributed by atoms with E-state index in [4.69, 9.17) is 5.11 Å². The van der Waals surface area contributed by atoms with Gasteiger partial charge >= 0.3 is 12.0 Å². The van der Waals surface area contributed by atoms with E-state index in [1.165, 1.54) is 11.3 Å². The van der Waals surface area contributed by atoms with Crippen LogP contribution in [-0.2, 0) is 11.3 Å². The standard InChI is InChI=1S/C12H19N3O3S/c1-7(2)10(11(16)17)5-14-12(18)13-4-9-6-19-8(3)15-9/h6-7,10H,4-5H2,1-3H3,(H,16,17)(H2,13,14,18). The third-order valence-corrected chi connectivity index (χ3v) is 3.52. The number of carbonyl (C=O) groups excluding carboxylic acids is 1. The van der Waals surface area contributed by atoms with E-state index in [0.29, 0.717) is 6.54 Å². The average Bonchev–Trinajstić information content (AvgIpc) is 2.71.